The number of nitrogens with one attached hydrogen (secondary N) is 1. The first-order chi connectivity index (χ1) is 6.75. The first kappa shape index (κ1) is 9.69. The Labute approximate surface area is 85.9 Å². The van der Waals surface area contributed by atoms with Gasteiger partial charge in [-0.05, 0) is 29.9 Å². The zero-order chi connectivity index (χ0) is 9.97. The Morgan fingerprint density at radius 3 is 2.36 bits per heavy atom. The minimum absolute atomic E-state index is 0.867. The van der Waals surface area contributed by atoms with E-state index in [2.05, 4.69) is 29.7 Å². The summed E-state index contributed by atoms with van der Waals surface area (Å²) in [6, 6.07) is 8.99. The summed E-state index contributed by atoms with van der Waals surface area (Å²) in [7, 11) is 4.02. The molecule has 1 aromatic rings. The summed E-state index contributed by atoms with van der Waals surface area (Å²) in [5.41, 5.74) is 6.12. The van der Waals surface area contributed by atoms with E-state index in [4.69, 9.17) is 0 Å². The highest BCUT2D eigenvalue weighted by Gasteiger charge is 2.22. The Balaban J connectivity index is 1.92. The SMILES string of the molecule is CN(C)NCc1ccc(C2CC2)cc1. The van der Waals surface area contributed by atoms with Gasteiger partial charge in [0, 0.05) is 20.6 Å². The average molecular weight is 190 g/mol. The van der Waals surface area contributed by atoms with Crippen LogP contribution in [0.4, 0.5) is 0 Å². The third-order valence-electron chi connectivity index (χ3n) is 2.63. The topological polar surface area (TPSA) is 15.3 Å². The van der Waals surface area contributed by atoms with Crippen LogP contribution in [0.1, 0.15) is 29.9 Å². The molecule has 1 saturated carbocycles. The van der Waals surface area contributed by atoms with E-state index in [9.17, 15) is 0 Å². The number of rotatable bonds is 4. The summed E-state index contributed by atoms with van der Waals surface area (Å²) >= 11 is 0. The second kappa shape index (κ2) is 4.11. The monoisotopic (exact) mass is 190 g/mol. The van der Waals surface area contributed by atoms with Crippen molar-refractivity contribution < 1.29 is 0 Å². The van der Waals surface area contributed by atoms with Crippen molar-refractivity contribution in [3.8, 4) is 0 Å². The molecule has 1 fully saturated rings. The maximum atomic E-state index is 3.26. The van der Waals surface area contributed by atoms with Crippen LogP contribution in [0.5, 0.6) is 0 Å². The van der Waals surface area contributed by atoms with Gasteiger partial charge in [0.2, 0.25) is 0 Å². The van der Waals surface area contributed by atoms with E-state index in [0.717, 1.165) is 12.5 Å². The predicted octanol–water partition coefficient (Wildman–Crippen LogP) is 2.13. The van der Waals surface area contributed by atoms with Gasteiger partial charge in [-0.1, -0.05) is 24.3 Å². The summed E-state index contributed by atoms with van der Waals surface area (Å²) in [5, 5.41) is 1.98. The summed E-state index contributed by atoms with van der Waals surface area (Å²) in [6.07, 6.45) is 2.77. The maximum absolute atomic E-state index is 3.26. The largest absolute Gasteiger partial charge is 0.251 e. The molecule has 0 unspecified atom stereocenters. The number of benzene rings is 1. The lowest BCUT2D eigenvalue weighted by atomic mass is 10.1. The fourth-order valence-electron chi connectivity index (χ4n) is 1.57. The lowest BCUT2D eigenvalue weighted by Gasteiger charge is -2.11. The number of hydrazine groups is 1. The molecule has 2 rings (SSSR count). The van der Waals surface area contributed by atoms with Crippen molar-refractivity contribution in [2.24, 2.45) is 0 Å². The molecule has 0 heterocycles. The van der Waals surface area contributed by atoms with Crippen LogP contribution in [0.3, 0.4) is 0 Å². The molecule has 1 aliphatic carbocycles. The molecule has 0 atom stereocenters. The Morgan fingerprint density at radius 1 is 1.21 bits per heavy atom. The molecule has 14 heavy (non-hydrogen) atoms. The molecule has 0 aromatic heterocycles. The van der Waals surface area contributed by atoms with Gasteiger partial charge in [0.05, 0.1) is 0 Å². The van der Waals surface area contributed by atoms with E-state index in [1.807, 2.05) is 19.1 Å². The minimum atomic E-state index is 0.867. The van der Waals surface area contributed by atoms with E-state index >= 15 is 0 Å². The van der Waals surface area contributed by atoms with Crippen molar-refractivity contribution in [2.45, 2.75) is 25.3 Å². The van der Waals surface area contributed by atoms with E-state index in [1.165, 1.54) is 24.0 Å². The van der Waals surface area contributed by atoms with Crippen LogP contribution >= 0.6 is 0 Å². The molecule has 2 heteroatoms. The number of hydrogen-bond donors (Lipinski definition) is 1. The van der Waals surface area contributed by atoms with E-state index in [-0.39, 0.29) is 0 Å². The lowest BCUT2D eigenvalue weighted by molar-refractivity contribution is 0.286. The van der Waals surface area contributed by atoms with E-state index in [0.29, 0.717) is 0 Å². The first-order valence-corrected chi connectivity index (χ1v) is 5.25. The van der Waals surface area contributed by atoms with Crippen LogP contribution in [0.2, 0.25) is 0 Å². The third-order valence-corrected chi connectivity index (χ3v) is 2.63. The van der Waals surface area contributed by atoms with Gasteiger partial charge in [-0.15, -0.1) is 0 Å². The second-order valence-corrected chi connectivity index (χ2v) is 4.25. The van der Waals surface area contributed by atoms with Crippen LogP contribution in [0.15, 0.2) is 24.3 Å². The molecule has 0 saturated heterocycles. The van der Waals surface area contributed by atoms with Gasteiger partial charge in [0.15, 0.2) is 0 Å². The van der Waals surface area contributed by atoms with Gasteiger partial charge in [-0.2, -0.15) is 0 Å². The van der Waals surface area contributed by atoms with Gasteiger partial charge in [0.25, 0.3) is 0 Å². The van der Waals surface area contributed by atoms with E-state index in [1.54, 1.807) is 0 Å². The van der Waals surface area contributed by atoms with Crippen LogP contribution < -0.4 is 5.43 Å². The Bertz CT molecular complexity index is 286. The number of nitrogens with zero attached hydrogens (tertiary/aromatic N) is 1. The highest BCUT2D eigenvalue weighted by molar-refractivity contribution is 5.27. The molecule has 76 valence electrons. The van der Waals surface area contributed by atoms with Gasteiger partial charge in [-0.3, -0.25) is 10.4 Å². The van der Waals surface area contributed by atoms with E-state index < -0.39 is 0 Å². The summed E-state index contributed by atoms with van der Waals surface area (Å²) in [4.78, 5) is 0. The van der Waals surface area contributed by atoms with Gasteiger partial charge < -0.3 is 0 Å². The van der Waals surface area contributed by atoms with Crippen LogP contribution in [-0.2, 0) is 6.54 Å². The van der Waals surface area contributed by atoms with Crippen LogP contribution in [0.25, 0.3) is 0 Å². The highest BCUT2D eigenvalue weighted by Crippen LogP contribution is 2.39. The molecule has 0 aliphatic heterocycles. The Hall–Kier alpha value is -0.860. The molecule has 0 amide bonds. The molecule has 1 aromatic carbocycles. The molecule has 2 nitrogen and oxygen atoms in total. The molecular weight excluding hydrogens is 172 g/mol. The van der Waals surface area contributed by atoms with Crippen molar-refractivity contribution in [2.75, 3.05) is 14.1 Å². The van der Waals surface area contributed by atoms with Crippen LogP contribution in [0, 0.1) is 0 Å². The number of hydrogen-bond acceptors (Lipinski definition) is 2. The Kier molecular flexibility index (Phi) is 2.85. The normalized spacial score (nSPS) is 16.2. The van der Waals surface area contributed by atoms with Crippen LogP contribution in [-0.4, -0.2) is 19.1 Å². The molecule has 1 aliphatic rings. The van der Waals surface area contributed by atoms with Crippen molar-refractivity contribution in [1.29, 1.82) is 0 Å². The fourth-order valence-corrected chi connectivity index (χ4v) is 1.57. The predicted molar refractivity (Wildman–Crippen MR) is 58.9 cm³/mol. The van der Waals surface area contributed by atoms with Crippen molar-refractivity contribution >= 4 is 0 Å². The summed E-state index contributed by atoms with van der Waals surface area (Å²) in [5.74, 6) is 0.867. The lowest BCUT2D eigenvalue weighted by Crippen LogP contribution is -2.29. The smallest absolute Gasteiger partial charge is 0.0353 e. The quantitative estimate of drug-likeness (QED) is 0.732. The molecule has 0 radical (unpaired) electrons. The van der Waals surface area contributed by atoms with Crippen molar-refractivity contribution in [3.63, 3.8) is 0 Å². The standard InChI is InChI=1S/C12H18N2/c1-14(2)13-9-10-3-5-11(6-4-10)12-7-8-12/h3-6,12-13H,7-9H2,1-2H3. The zero-order valence-corrected chi connectivity index (χ0v) is 8.96. The molecule has 0 bridgehead atoms. The summed E-state index contributed by atoms with van der Waals surface area (Å²) in [6.45, 7) is 0.915. The first-order valence-electron chi connectivity index (χ1n) is 5.25. The fraction of sp³-hybridized carbons (Fsp3) is 0.500. The van der Waals surface area contributed by atoms with Gasteiger partial charge in [0.1, 0.15) is 0 Å². The third kappa shape index (κ3) is 2.56. The van der Waals surface area contributed by atoms with Gasteiger partial charge in [-0.25, -0.2) is 0 Å². The summed E-state index contributed by atoms with van der Waals surface area (Å²) < 4.78 is 0. The average Bonchev–Trinajstić information content (AvgIpc) is 2.99. The van der Waals surface area contributed by atoms with Gasteiger partial charge >= 0.3 is 0 Å². The molecule has 1 N–H and O–H groups in total. The minimum Gasteiger partial charge on any atom is -0.251 e. The van der Waals surface area contributed by atoms with Crippen molar-refractivity contribution in [3.05, 3.63) is 35.4 Å². The zero-order valence-electron chi connectivity index (χ0n) is 8.96. The molecular formula is C12H18N2. The van der Waals surface area contributed by atoms with Crippen molar-refractivity contribution in [1.82, 2.24) is 10.4 Å². The maximum Gasteiger partial charge on any atom is 0.0353 e. The second-order valence-electron chi connectivity index (χ2n) is 4.25. The Morgan fingerprint density at radius 2 is 1.86 bits per heavy atom. The molecule has 0 spiro atoms. The highest BCUT2D eigenvalue weighted by atomic mass is 15.5.